The van der Waals surface area contributed by atoms with Crippen LogP contribution in [0.25, 0.3) is 0 Å². The second-order valence-corrected chi connectivity index (χ2v) is 3.91. The molecular weight excluding hydrogens is 248 g/mol. The van der Waals surface area contributed by atoms with Crippen LogP contribution in [0, 0.1) is 0 Å². The van der Waals surface area contributed by atoms with Gasteiger partial charge in [0.1, 0.15) is 0 Å². The fourth-order valence-electron chi connectivity index (χ4n) is 1.65. The van der Waals surface area contributed by atoms with Crippen molar-refractivity contribution in [1.82, 2.24) is 4.98 Å². The summed E-state index contributed by atoms with van der Waals surface area (Å²) in [5.41, 5.74) is 3.27. The molecule has 0 saturated carbocycles. The van der Waals surface area contributed by atoms with Gasteiger partial charge in [0.2, 0.25) is 5.91 Å². The van der Waals surface area contributed by atoms with Crippen LogP contribution in [-0.2, 0) is 11.2 Å². The molecule has 0 unspecified atom stereocenters. The quantitative estimate of drug-likeness (QED) is 0.924. The van der Waals surface area contributed by atoms with E-state index in [-0.39, 0.29) is 18.3 Å². The molecule has 0 atom stereocenters. The molecule has 2 rings (SSSR count). The monoisotopic (exact) mass is 262 g/mol. The minimum atomic E-state index is -0.0492. The molecule has 4 heteroatoms. The molecule has 94 valence electrons. The summed E-state index contributed by atoms with van der Waals surface area (Å²) in [7, 11) is 0. The maximum Gasteiger partial charge on any atom is 0.221 e. The number of nitrogens with zero attached hydrogens (tertiary/aromatic N) is 1. The van der Waals surface area contributed by atoms with Crippen LogP contribution in [0.5, 0.6) is 0 Å². The van der Waals surface area contributed by atoms with Gasteiger partial charge >= 0.3 is 0 Å². The number of nitrogens with one attached hydrogen (secondary N) is 1. The lowest BCUT2D eigenvalue weighted by molar-refractivity contribution is -0.114. The van der Waals surface area contributed by atoms with E-state index in [0.29, 0.717) is 0 Å². The SMILES string of the molecule is CC(=O)Nc1ccc(Cc2ccncc2)cc1.Cl. The van der Waals surface area contributed by atoms with Crippen LogP contribution in [0.3, 0.4) is 0 Å². The van der Waals surface area contributed by atoms with Gasteiger partial charge in [-0.25, -0.2) is 0 Å². The fourth-order valence-corrected chi connectivity index (χ4v) is 1.65. The van der Waals surface area contributed by atoms with E-state index in [9.17, 15) is 4.79 Å². The van der Waals surface area contributed by atoms with Gasteiger partial charge in [-0.3, -0.25) is 9.78 Å². The number of aromatic nitrogens is 1. The Morgan fingerprint density at radius 2 is 1.61 bits per heavy atom. The highest BCUT2D eigenvalue weighted by molar-refractivity contribution is 5.88. The van der Waals surface area contributed by atoms with E-state index < -0.39 is 0 Å². The average molecular weight is 263 g/mol. The van der Waals surface area contributed by atoms with E-state index >= 15 is 0 Å². The molecule has 0 spiro atoms. The Kier molecular flexibility index (Phi) is 5.33. The topological polar surface area (TPSA) is 42.0 Å². The lowest BCUT2D eigenvalue weighted by Crippen LogP contribution is -2.05. The van der Waals surface area contributed by atoms with Gasteiger partial charge in [-0.15, -0.1) is 12.4 Å². The molecule has 0 radical (unpaired) electrons. The third kappa shape index (κ3) is 4.18. The van der Waals surface area contributed by atoms with Crippen molar-refractivity contribution in [2.45, 2.75) is 13.3 Å². The zero-order valence-corrected chi connectivity index (χ0v) is 10.9. The second kappa shape index (κ2) is 6.77. The molecular formula is C14H15ClN2O. The van der Waals surface area contributed by atoms with E-state index in [4.69, 9.17) is 0 Å². The summed E-state index contributed by atoms with van der Waals surface area (Å²) < 4.78 is 0. The fraction of sp³-hybridized carbons (Fsp3) is 0.143. The average Bonchev–Trinajstić information content (AvgIpc) is 2.32. The van der Waals surface area contributed by atoms with Crippen LogP contribution < -0.4 is 5.32 Å². The smallest absolute Gasteiger partial charge is 0.221 e. The molecule has 0 saturated heterocycles. The molecule has 0 bridgehead atoms. The zero-order chi connectivity index (χ0) is 12.1. The Morgan fingerprint density at radius 1 is 1.06 bits per heavy atom. The summed E-state index contributed by atoms with van der Waals surface area (Å²) in [6.45, 7) is 1.50. The Bertz CT molecular complexity index is 497. The first kappa shape index (κ1) is 14.2. The highest BCUT2D eigenvalue weighted by Crippen LogP contribution is 2.13. The summed E-state index contributed by atoms with van der Waals surface area (Å²) in [4.78, 5) is 14.9. The Balaban J connectivity index is 0.00000162. The van der Waals surface area contributed by atoms with E-state index in [1.54, 1.807) is 12.4 Å². The number of benzene rings is 1. The maximum atomic E-state index is 10.9. The summed E-state index contributed by atoms with van der Waals surface area (Å²) in [5.74, 6) is -0.0492. The molecule has 1 aromatic carbocycles. The number of rotatable bonds is 3. The van der Waals surface area contributed by atoms with Crippen molar-refractivity contribution in [3.63, 3.8) is 0 Å². The number of pyridine rings is 1. The molecule has 1 aromatic heterocycles. The summed E-state index contributed by atoms with van der Waals surface area (Å²) in [6.07, 6.45) is 4.46. The second-order valence-electron chi connectivity index (χ2n) is 3.91. The number of carbonyl (C=O) groups is 1. The molecule has 2 aromatic rings. The van der Waals surface area contributed by atoms with Crippen molar-refractivity contribution >= 4 is 24.0 Å². The molecule has 1 heterocycles. The van der Waals surface area contributed by atoms with Crippen LogP contribution in [0.15, 0.2) is 48.8 Å². The lowest BCUT2D eigenvalue weighted by Gasteiger charge is -2.04. The highest BCUT2D eigenvalue weighted by atomic mass is 35.5. The van der Waals surface area contributed by atoms with Gasteiger partial charge in [0.15, 0.2) is 0 Å². The largest absolute Gasteiger partial charge is 0.326 e. The first-order valence-electron chi connectivity index (χ1n) is 5.49. The molecule has 1 amide bonds. The van der Waals surface area contributed by atoms with Crippen LogP contribution in [-0.4, -0.2) is 10.9 Å². The summed E-state index contributed by atoms with van der Waals surface area (Å²) in [5, 5.41) is 2.75. The third-order valence-electron chi connectivity index (χ3n) is 2.43. The van der Waals surface area contributed by atoms with Crippen LogP contribution in [0.4, 0.5) is 5.69 Å². The van der Waals surface area contributed by atoms with Crippen molar-refractivity contribution in [2.24, 2.45) is 0 Å². The van der Waals surface area contributed by atoms with E-state index in [2.05, 4.69) is 10.3 Å². The van der Waals surface area contributed by atoms with Crippen LogP contribution in [0.1, 0.15) is 18.1 Å². The normalized spacial score (nSPS) is 9.39. The number of hydrogen-bond acceptors (Lipinski definition) is 2. The maximum absolute atomic E-state index is 10.9. The molecule has 3 nitrogen and oxygen atoms in total. The molecule has 0 aliphatic rings. The first-order valence-corrected chi connectivity index (χ1v) is 5.49. The third-order valence-corrected chi connectivity index (χ3v) is 2.43. The van der Waals surface area contributed by atoms with E-state index in [0.717, 1.165) is 12.1 Å². The molecule has 18 heavy (non-hydrogen) atoms. The molecule has 0 aliphatic heterocycles. The van der Waals surface area contributed by atoms with Crippen LogP contribution >= 0.6 is 12.4 Å². The summed E-state index contributed by atoms with van der Waals surface area (Å²) >= 11 is 0. The Labute approximate surface area is 113 Å². The number of anilines is 1. The number of halogens is 1. The number of amides is 1. The molecule has 0 aliphatic carbocycles. The van der Waals surface area contributed by atoms with Gasteiger partial charge in [-0.2, -0.15) is 0 Å². The van der Waals surface area contributed by atoms with Gasteiger partial charge in [0.05, 0.1) is 0 Å². The zero-order valence-electron chi connectivity index (χ0n) is 10.1. The predicted octanol–water partition coefficient (Wildman–Crippen LogP) is 3.05. The number of hydrogen-bond donors (Lipinski definition) is 1. The number of carbonyl (C=O) groups excluding carboxylic acids is 1. The van der Waals surface area contributed by atoms with Crippen molar-refractivity contribution in [3.8, 4) is 0 Å². The summed E-state index contributed by atoms with van der Waals surface area (Å²) in [6, 6.07) is 11.9. The van der Waals surface area contributed by atoms with Gasteiger partial charge in [-0.05, 0) is 41.8 Å². The van der Waals surface area contributed by atoms with Crippen molar-refractivity contribution in [1.29, 1.82) is 0 Å². The van der Waals surface area contributed by atoms with E-state index in [1.807, 2.05) is 36.4 Å². The minimum Gasteiger partial charge on any atom is -0.326 e. The van der Waals surface area contributed by atoms with Crippen molar-refractivity contribution < 1.29 is 4.79 Å². The predicted molar refractivity (Wildman–Crippen MR) is 75.0 cm³/mol. The highest BCUT2D eigenvalue weighted by Gasteiger charge is 1.98. The molecule has 0 fully saturated rings. The van der Waals surface area contributed by atoms with E-state index in [1.165, 1.54) is 18.1 Å². The Hall–Kier alpha value is -1.87. The lowest BCUT2D eigenvalue weighted by atomic mass is 10.1. The standard InChI is InChI=1S/C14H14N2O.ClH/c1-11(17)16-14-4-2-12(3-5-14)10-13-6-8-15-9-7-13;/h2-9H,10H2,1H3,(H,16,17);1H. The Morgan fingerprint density at radius 3 is 2.17 bits per heavy atom. The van der Waals surface area contributed by atoms with Gasteiger partial charge in [0.25, 0.3) is 0 Å². The first-order chi connectivity index (χ1) is 8.24. The van der Waals surface area contributed by atoms with Crippen molar-refractivity contribution in [2.75, 3.05) is 5.32 Å². The minimum absolute atomic E-state index is 0. The van der Waals surface area contributed by atoms with Crippen molar-refractivity contribution in [3.05, 3.63) is 59.9 Å². The van der Waals surface area contributed by atoms with Crippen LogP contribution in [0.2, 0.25) is 0 Å². The van der Waals surface area contributed by atoms with Gasteiger partial charge in [-0.1, -0.05) is 12.1 Å². The van der Waals surface area contributed by atoms with Gasteiger partial charge in [0, 0.05) is 25.0 Å². The van der Waals surface area contributed by atoms with Gasteiger partial charge < -0.3 is 5.32 Å². The molecule has 1 N–H and O–H groups in total.